The van der Waals surface area contributed by atoms with E-state index < -0.39 is 0 Å². The van der Waals surface area contributed by atoms with E-state index in [0.29, 0.717) is 30.7 Å². The van der Waals surface area contributed by atoms with Gasteiger partial charge in [0.1, 0.15) is 0 Å². The molecule has 0 aromatic carbocycles. The summed E-state index contributed by atoms with van der Waals surface area (Å²) < 4.78 is 0. The minimum absolute atomic E-state index is 0.0937. The van der Waals surface area contributed by atoms with Crippen LogP contribution in [0.5, 0.6) is 0 Å². The first-order chi connectivity index (χ1) is 13.7. The Morgan fingerprint density at radius 2 is 1.89 bits per heavy atom. The first kappa shape index (κ1) is 18.2. The average Bonchev–Trinajstić information content (AvgIpc) is 2.72. The van der Waals surface area contributed by atoms with Gasteiger partial charge in [-0.3, -0.25) is 14.8 Å². The molecule has 0 bridgehead atoms. The van der Waals surface area contributed by atoms with Crippen LogP contribution < -0.4 is 5.32 Å². The van der Waals surface area contributed by atoms with E-state index in [1.165, 1.54) is 12.4 Å². The molecule has 4 rings (SSSR count). The smallest absolute Gasteiger partial charge is 0.254 e. The lowest BCUT2D eigenvalue weighted by Gasteiger charge is -2.38. The van der Waals surface area contributed by atoms with Gasteiger partial charge >= 0.3 is 0 Å². The second kappa shape index (κ2) is 8.22. The second-order valence-electron chi connectivity index (χ2n) is 7.03. The maximum atomic E-state index is 12.7. The van der Waals surface area contributed by atoms with Crippen LogP contribution >= 0.6 is 0 Å². The van der Waals surface area contributed by atoms with E-state index in [4.69, 9.17) is 0 Å². The van der Waals surface area contributed by atoms with E-state index in [2.05, 4.69) is 25.3 Å². The highest BCUT2D eigenvalue weighted by atomic mass is 16.3. The molecular weight excluding hydrogens is 354 g/mol. The molecule has 3 aromatic rings. The van der Waals surface area contributed by atoms with Crippen LogP contribution in [0.1, 0.15) is 28.9 Å². The van der Waals surface area contributed by atoms with Crippen LogP contribution in [0.3, 0.4) is 0 Å². The van der Waals surface area contributed by atoms with Crippen molar-refractivity contribution in [2.24, 2.45) is 5.92 Å². The van der Waals surface area contributed by atoms with Gasteiger partial charge in [0.2, 0.25) is 0 Å². The van der Waals surface area contributed by atoms with Crippen molar-refractivity contribution in [1.82, 2.24) is 25.3 Å². The summed E-state index contributed by atoms with van der Waals surface area (Å²) in [7, 11) is 0. The number of carbonyl (C=O) groups is 1. The molecule has 3 heterocycles. The first-order valence-electron chi connectivity index (χ1n) is 9.30. The third-order valence-corrected chi connectivity index (χ3v) is 5.02. The normalized spacial score (nSPS) is 19.5. The topological polar surface area (TPSA) is 101 Å². The minimum Gasteiger partial charge on any atom is -0.393 e. The summed E-state index contributed by atoms with van der Waals surface area (Å²) >= 11 is 0. The summed E-state index contributed by atoms with van der Waals surface area (Å²) in [5.74, 6) is 0.536. The number of nitrogens with zero attached hydrogens (tertiary/aromatic N) is 4. The van der Waals surface area contributed by atoms with Gasteiger partial charge in [-0.2, -0.15) is 0 Å². The molecule has 1 aliphatic rings. The summed E-state index contributed by atoms with van der Waals surface area (Å²) in [5.41, 5.74) is 2.11. The quantitative estimate of drug-likeness (QED) is 0.684. The van der Waals surface area contributed by atoms with Crippen LogP contribution in [-0.4, -0.2) is 43.1 Å². The molecule has 1 saturated carbocycles. The van der Waals surface area contributed by atoms with Crippen molar-refractivity contribution in [2.45, 2.75) is 31.4 Å². The molecule has 1 amide bonds. The third kappa shape index (κ3) is 4.20. The van der Waals surface area contributed by atoms with Gasteiger partial charge in [0.25, 0.3) is 5.91 Å². The zero-order chi connectivity index (χ0) is 19.3. The standard InChI is InChI=1S/C21H21N5O2/c27-18-8-15(9-18)19(10-17-5-1-2-7-23-17)26-21(28)16-12-24-20(25-13-16)14-4-3-6-22-11-14/h1-7,11-13,15,18-19,27H,8-10H2,(H,26,28). The van der Waals surface area contributed by atoms with Gasteiger partial charge in [-0.1, -0.05) is 6.07 Å². The van der Waals surface area contributed by atoms with Crippen LogP contribution in [-0.2, 0) is 6.42 Å². The maximum Gasteiger partial charge on any atom is 0.254 e. The van der Waals surface area contributed by atoms with Gasteiger partial charge in [0.05, 0.1) is 11.7 Å². The fraction of sp³-hybridized carbons (Fsp3) is 0.286. The number of nitrogens with one attached hydrogen (secondary N) is 1. The van der Waals surface area contributed by atoms with E-state index >= 15 is 0 Å². The predicted molar refractivity (Wildman–Crippen MR) is 103 cm³/mol. The lowest BCUT2D eigenvalue weighted by atomic mass is 9.76. The van der Waals surface area contributed by atoms with E-state index in [1.54, 1.807) is 18.6 Å². The van der Waals surface area contributed by atoms with Gasteiger partial charge in [0, 0.05) is 54.7 Å². The lowest BCUT2D eigenvalue weighted by molar-refractivity contribution is 0.0237. The van der Waals surface area contributed by atoms with Crippen molar-refractivity contribution >= 4 is 5.91 Å². The van der Waals surface area contributed by atoms with Gasteiger partial charge in [-0.05, 0) is 43.0 Å². The zero-order valence-electron chi connectivity index (χ0n) is 15.3. The molecule has 0 radical (unpaired) electrons. The molecule has 1 atom stereocenters. The van der Waals surface area contributed by atoms with Crippen molar-refractivity contribution in [3.63, 3.8) is 0 Å². The molecule has 2 N–H and O–H groups in total. The van der Waals surface area contributed by atoms with Gasteiger partial charge in [0.15, 0.2) is 5.82 Å². The number of amides is 1. The highest BCUT2D eigenvalue weighted by Gasteiger charge is 2.35. The highest BCUT2D eigenvalue weighted by Crippen LogP contribution is 2.31. The van der Waals surface area contributed by atoms with Gasteiger partial charge < -0.3 is 10.4 Å². The average molecular weight is 375 g/mol. The highest BCUT2D eigenvalue weighted by molar-refractivity contribution is 5.94. The fourth-order valence-electron chi connectivity index (χ4n) is 3.38. The Morgan fingerprint density at radius 3 is 2.54 bits per heavy atom. The molecule has 1 fully saturated rings. The molecule has 1 unspecified atom stereocenters. The fourth-order valence-corrected chi connectivity index (χ4v) is 3.38. The van der Waals surface area contributed by atoms with Crippen molar-refractivity contribution in [1.29, 1.82) is 0 Å². The second-order valence-corrected chi connectivity index (χ2v) is 7.03. The number of rotatable bonds is 6. The summed E-state index contributed by atoms with van der Waals surface area (Å²) in [6.45, 7) is 0. The van der Waals surface area contributed by atoms with Gasteiger partial charge in [-0.15, -0.1) is 0 Å². The Kier molecular flexibility index (Phi) is 5.34. The number of pyridine rings is 2. The number of aliphatic hydroxyl groups is 1. The number of aliphatic hydroxyl groups excluding tert-OH is 1. The summed E-state index contributed by atoms with van der Waals surface area (Å²) in [5, 5.41) is 12.8. The molecule has 7 heteroatoms. The van der Waals surface area contributed by atoms with Gasteiger partial charge in [-0.25, -0.2) is 9.97 Å². The zero-order valence-corrected chi connectivity index (χ0v) is 15.3. The molecule has 0 spiro atoms. The molecule has 0 saturated heterocycles. The predicted octanol–water partition coefficient (Wildman–Crippen LogP) is 2.05. The van der Waals surface area contributed by atoms with Crippen LogP contribution in [0.2, 0.25) is 0 Å². The van der Waals surface area contributed by atoms with E-state index in [-0.39, 0.29) is 24.0 Å². The molecular formula is C21H21N5O2. The third-order valence-electron chi connectivity index (χ3n) is 5.02. The molecule has 1 aliphatic carbocycles. The van der Waals surface area contributed by atoms with E-state index in [1.807, 2.05) is 30.3 Å². The largest absolute Gasteiger partial charge is 0.393 e. The summed E-state index contributed by atoms with van der Waals surface area (Å²) in [6, 6.07) is 9.33. The Morgan fingerprint density at radius 1 is 1.07 bits per heavy atom. The Bertz CT molecular complexity index is 913. The molecule has 7 nitrogen and oxygen atoms in total. The summed E-state index contributed by atoms with van der Waals surface area (Å²) in [4.78, 5) is 29.7. The molecule has 142 valence electrons. The molecule has 28 heavy (non-hydrogen) atoms. The van der Waals surface area contributed by atoms with Crippen LogP contribution in [0.25, 0.3) is 11.4 Å². The maximum absolute atomic E-state index is 12.7. The summed E-state index contributed by atoms with van der Waals surface area (Å²) in [6.07, 6.45) is 9.88. The Hall–Kier alpha value is -3.19. The first-order valence-corrected chi connectivity index (χ1v) is 9.30. The number of hydrogen-bond acceptors (Lipinski definition) is 6. The van der Waals surface area contributed by atoms with Crippen LogP contribution in [0.15, 0.2) is 61.3 Å². The number of hydrogen-bond donors (Lipinski definition) is 2. The van der Waals surface area contributed by atoms with Crippen LogP contribution in [0, 0.1) is 5.92 Å². The van der Waals surface area contributed by atoms with E-state index in [0.717, 1.165) is 11.3 Å². The van der Waals surface area contributed by atoms with Crippen molar-refractivity contribution in [3.05, 3.63) is 72.6 Å². The SMILES string of the molecule is O=C(NC(Cc1ccccn1)C1CC(O)C1)c1cnc(-c2cccnc2)nc1. The minimum atomic E-state index is -0.282. The molecule has 3 aromatic heterocycles. The monoisotopic (exact) mass is 375 g/mol. The number of carbonyl (C=O) groups excluding carboxylic acids is 1. The Balaban J connectivity index is 1.46. The number of aromatic nitrogens is 4. The molecule has 0 aliphatic heterocycles. The lowest BCUT2D eigenvalue weighted by Crippen LogP contribution is -2.48. The van der Waals surface area contributed by atoms with Crippen molar-refractivity contribution in [2.75, 3.05) is 0 Å². The van der Waals surface area contributed by atoms with E-state index in [9.17, 15) is 9.90 Å². The van der Waals surface area contributed by atoms with Crippen molar-refractivity contribution < 1.29 is 9.90 Å². The van der Waals surface area contributed by atoms with Crippen molar-refractivity contribution in [3.8, 4) is 11.4 Å². The Labute approximate surface area is 162 Å². The van der Waals surface area contributed by atoms with Crippen LogP contribution in [0.4, 0.5) is 0 Å².